The van der Waals surface area contributed by atoms with Gasteiger partial charge in [-0.15, -0.1) is 0 Å². The molecule has 1 aliphatic heterocycles. The van der Waals surface area contributed by atoms with Crippen LogP contribution in [0.25, 0.3) is 0 Å². The van der Waals surface area contributed by atoms with E-state index in [0.29, 0.717) is 6.42 Å². The van der Waals surface area contributed by atoms with Crippen LogP contribution < -0.4 is 10.6 Å². The number of carbonyl (C=O) groups is 1. The van der Waals surface area contributed by atoms with Crippen molar-refractivity contribution in [2.24, 2.45) is 5.92 Å². The number of rotatable bonds is 2. The van der Waals surface area contributed by atoms with Gasteiger partial charge in [0.25, 0.3) is 0 Å². The number of amides is 1. The normalized spacial score (nSPS) is 29.5. The number of nitrogens with one attached hydrogen (secondary N) is 2. The fraction of sp³-hybridized carbons (Fsp3) is 0.933. The van der Waals surface area contributed by atoms with Gasteiger partial charge in [0.15, 0.2) is 0 Å². The fourth-order valence-electron chi connectivity index (χ4n) is 3.30. The standard InChI is InChI=1S/C15H25F3N2O/c16-15(17,18)13-9-8-12(10-19-13)20-14(21)11-6-4-2-1-3-5-7-11/h11-13,19H,1-10H2,(H,20,21). The summed E-state index contributed by atoms with van der Waals surface area (Å²) in [6, 6.07) is -1.59. The highest BCUT2D eigenvalue weighted by atomic mass is 19.4. The molecule has 0 bridgehead atoms. The molecule has 2 rings (SSSR count). The molecule has 1 heterocycles. The summed E-state index contributed by atoms with van der Waals surface area (Å²) in [6.45, 7) is 0.211. The van der Waals surface area contributed by atoms with Crippen LogP contribution in [0.15, 0.2) is 0 Å². The molecule has 2 atom stereocenters. The Bertz CT molecular complexity index is 330. The largest absolute Gasteiger partial charge is 0.403 e. The Morgan fingerprint density at radius 1 is 0.952 bits per heavy atom. The van der Waals surface area contributed by atoms with Gasteiger partial charge in [0, 0.05) is 18.5 Å². The van der Waals surface area contributed by atoms with Crippen LogP contribution in [0.1, 0.15) is 57.8 Å². The molecule has 1 aliphatic carbocycles. The summed E-state index contributed by atoms with van der Waals surface area (Å²) in [5.74, 6) is 0.0831. The number of hydrogen-bond acceptors (Lipinski definition) is 2. The quantitative estimate of drug-likeness (QED) is 0.823. The van der Waals surface area contributed by atoms with E-state index in [2.05, 4.69) is 10.6 Å². The second kappa shape index (κ2) is 7.47. The van der Waals surface area contributed by atoms with Gasteiger partial charge in [-0.1, -0.05) is 32.1 Å². The topological polar surface area (TPSA) is 41.1 Å². The van der Waals surface area contributed by atoms with Crippen LogP contribution in [-0.4, -0.2) is 30.7 Å². The molecule has 1 saturated carbocycles. The summed E-state index contributed by atoms with van der Waals surface area (Å²) in [5, 5.41) is 5.44. The maximum absolute atomic E-state index is 12.6. The van der Waals surface area contributed by atoms with Crippen LogP contribution >= 0.6 is 0 Å². The molecule has 0 radical (unpaired) electrons. The minimum atomic E-state index is -4.19. The zero-order chi connectivity index (χ0) is 15.3. The molecular weight excluding hydrogens is 281 g/mol. The highest BCUT2D eigenvalue weighted by Crippen LogP contribution is 2.27. The summed E-state index contributed by atoms with van der Waals surface area (Å²) in [4.78, 5) is 12.2. The molecule has 21 heavy (non-hydrogen) atoms. The van der Waals surface area contributed by atoms with Crippen LogP contribution in [0.4, 0.5) is 13.2 Å². The van der Waals surface area contributed by atoms with Crippen LogP contribution in [0.3, 0.4) is 0 Å². The van der Waals surface area contributed by atoms with Gasteiger partial charge >= 0.3 is 6.18 Å². The molecule has 0 aromatic carbocycles. The van der Waals surface area contributed by atoms with Crippen molar-refractivity contribution in [2.75, 3.05) is 6.54 Å². The molecule has 1 amide bonds. The Balaban J connectivity index is 1.75. The lowest BCUT2D eigenvalue weighted by Gasteiger charge is -2.32. The Kier molecular flexibility index (Phi) is 5.90. The zero-order valence-corrected chi connectivity index (χ0v) is 12.3. The van der Waals surface area contributed by atoms with E-state index in [0.717, 1.165) is 25.7 Å². The third-order valence-corrected chi connectivity index (χ3v) is 4.63. The molecule has 0 aromatic heterocycles. The third kappa shape index (κ3) is 5.16. The lowest BCUT2D eigenvalue weighted by molar-refractivity contribution is -0.161. The van der Waals surface area contributed by atoms with E-state index in [9.17, 15) is 18.0 Å². The van der Waals surface area contributed by atoms with Crippen molar-refractivity contribution in [1.29, 1.82) is 0 Å². The maximum Gasteiger partial charge on any atom is 0.403 e. The van der Waals surface area contributed by atoms with Gasteiger partial charge in [0.1, 0.15) is 6.04 Å². The molecule has 3 nitrogen and oxygen atoms in total. The number of hydrogen-bond donors (Lipinski definition) is 2. The van der Waals surface area contributed by atoms with E-state index >= 15 is 0 Å². The molecule has 1 saturated heterocycles. The van der Waals surface area contributed by atoms with Crippen molar-refractivity contribution in [1.82, 2.24) is 10.6 Å². The highest BCUT2D eigenvalue weighted by Gasteiger charge is 2.41. The average molecular weight is 306 g/mol. The lowest BCUT2D eigenvalue weighted by atomic mass is 9.90. The summed E-state index contributed by atoms with van der Waals surface area (Å²) in [6.07, 6.45) is 3.86. The SMILES string of the molecule is O=C(NC1CCC(C(F)(F)F)NC1)C1CCCCCCC1. The number of alkyl halides is 3. The van der Waals surface area contributed by atoms with Crippen LogP contribution in [0.5, 0.6) is 0 Å². The second-order valence-electron chi connectivity index (χ2n) is 6.33. The lowest BCUT2D eigenvalue weighted by Crippen LogP contribution is -2.54. The molecule has 2 fully saturated rings. The molecule has 2 N–H and O–H groups in total. The average Bonchev–Trinajstić information content (AvgIpc) is 2.37. The predicted octanol–water partition coefficient (Wildman–Crippen LogP) is 3.15. The van der Waals surface area contributed by atoms with Crippen molar-refractivity contribution in [3.8, 4) is 0 Å². The van der Waals surface area contributed by atoms with Gasteiger partial charge in [0.2, 0.25) is 5.91 Å². The molecule has 6 heteroatoms. The Morgan fingerprint density at radius 3 is 2.10 bits per heavy atom. The molecule has 122 valence electrons. The van der Waals surface area contributed by atoms with E-state index < -0.39 is 12.2 Å². The summed E-state index contributed by atoms with van der Waals surface area (Å²) < 4.78 is 37.7. The number of halogens is 3. The Morgan fingerprint density at radius 2 is 1.57 bits per heavy atom. The Labute approximate surface area is 124 Å². The first-order valence-corrected chi connectivity index (χ1v) is 8.07. The van der Waals surface area contributed by atoms with Crippen molar-refractivity contribution in [3.63, 3.8) is 0 Å². The van der Waals surface area contributed by atoms with E-state index in [1.165, 1.54) is 19.3 Å². The van der Waals surface area contributed by atoms with Crippen molar-refractivity contribution in [3.05, 3.63) is 0 Å². The first kappa shape index (κ1) is 16.6. The Hall–Kier alpha value is -0.780. The van der Waals surface area contributed by atoms with Gasteiger partial charge in [-0.05, 0) is 25.7 Å². The summed E-state index contributed by atoms with van der Waals surface area (Å²) in [7, 11) is 0. The van der Waals surface area contributed by atoms with Gasteiger partial charge in [-0.2, -0.15) is 13.2 Å². The van der Waals surface area contributed by atoms with Crippen molar-refractivity contribution in [2.45, 2.75) is 76.0 Å². The zero-order valence-electron chi connectivity index (χ0n) is 12.3. The fourth-order valence-corrected chi connectivity index (χ4v) is 3.30. The van der Waals surface area contributed by atoms with Gasteiger partial charge < -0.3 is 10.6 Å². The van der Waals surface area contributed by atoms with Crippen LogP contribution in [0, 0.1) is 5.92 Å². The monoisotopic (exact) mass is 306 g/mol. The smallest absolute Gasteiger partial charge is 0.352 e. The van der Waals surface area contributed by atoms with E-state index in [1.807, 2.05) is 0 Å². The highest BCUT2D eigenvalue weighted by molar-refractivity contribution is 5.78. The molecule has 2 aliphatic rings. The van der Waals surface area contributed by atoms with Gasteiger partial charge in [-0.25, -0.2) is 0 Å². The van der Waals surface area contributed by atoms with E-state index in [-0.39, 0.29) is 30.8 Å². The first-order chi connectivity index (χ1) is 9.97. The molecule has 2 unspecified atom stereocenters. The van der Waals surface area contributed by atoms with E-state index in [1.54, 1.807) is 0 Å². The third-order valence-electron chi connectivity index (χ3n) is 4.63. The van der Waals surface area contributed by atoms with Crippen molar-refractivity contribution < 1.29 is 18.0 Å². The van der Waals surface area contributed by atoms with Crippen LogP contribution in [0.2, 0.25) is 0 Å². The molecule has 0 aromatic rings. The maximum atomic E-state index is 12.6. The number of carbonyl (C=O) groups excluding carboxylic acids is 1. The van der Waals surface area contributed by atoms with E-state index in [4.69, 9.17) is 0 Å². The second-order valence-corrected chi connectivity index (χ2v) is 6.33. The molecule has 0 spiro atoms. The van der Waals surface area contributed by atoms with Crippen LogP contribution in [-0.2, 0) is 4.79 Å². The van der Waals surface area contributed by atoms with Gasteiger partial charge in [0.05, 0.1) is 0 Å². The summed E-state index contributed by atoms with van der Waals surface area (Å²) in [5.41, 5.74) is 0. The minimum Gasteiger partial charge on any atom is -0.352 e. The minimum absolute atomic E-state index is 0.0363. The number of piperidine rings is 1. The predicted molar refractivity (Wildman–Crippen MR) is 74.8 cm³/mol. The first-order valence-electron chi connectivity index (χ1n) is 8.07. The molecular formula is C15H25F3N2O. The van der Waals surface area contributed by atoms with Gasteiger partial charge in [-0.3, -0.25) is 4.79 Å². The van der Waals surface area contributed by atoms with Crippen molar-refractivity contribution >= 4 is 5.91 Å². The summed E-state index contributed by atoms with van der Waals surface area (Å²) >= 11 is 0.